The first-order chi connectivity index (χ1) is 8.66. The van der Waals surface area contributed by atoms with E-state index < -0.39 is 0 Å². The Hall–Kier alpha value is -1.52. The molecule has 1 atom stereocenters. The summed E-state index contributed by atoms with van der Waals surface area (Å²) in [7, 11) is 1.92. The second-order valence-corrected chi connectivity index (χ2v) is 5.12. The Labute approximate surface area is 108 Å². The summed E-state index contributed by atoms with van der Waals surface area (Å²) in [6.45, 7) is 4.65. The van der Waals surface area contributed by atoms with Crippen molar-refractivity contribution in [3.8, 4) is 0 Å². The topological polar surface area (TPSA) is 50.2 Å². The quantitative estimate of drug-likeness (QED) is 0.881. The summed E-state index contributed by atoms with van der Waals surface area (Å²) in [6.07, 6.45) is 4.96. The predicted molar refractivity (Wildman–Crippen MR) is 70.3 cm³/mol. The number of aromatic nitrogens is 2. The van der Waals surface area contributed by atoms with Gasteiger partial charge in [0, 0.05) is 45.0 Å². The number of hydrogen-bond donors (Lipinski definition) is 1. The minimum Gasteiger partial charge on any atom is -0.338 e. The van der Waals surface area contributed by atoms with Crippen molar-refractivity contribution in [2.45, 2.75) is 26.2 Å². The highest BCUT2D eigenvalue weighted by Crippen LogP contribution is 2.15. The van der Waals surface area contributed by atoms with Crippen molar-refractivity contribution in [2.75, 3.05) is 19.6 Å². The van der Waals surface area contributed by atoms with Gasteiger partial charge in [0.25, 0.3) is 0 Å². The van der Waals surface area contributed by atoms with Crippen molar-refractivity contribution in [3.63, 3.8) is 0 Å². The second kappa shape index (κ2) is 5.89. The number of rotatable bonds is 3. The number of amides is 2. The van der Waals surface area contributed by atoms with Gasteiger partial charge in [0.1, 0.15) is 0 Å². The number of nitrogens with one attached hydrogen (secondary N) is 1. The van der Waals surface area contributed by atoms with Crippen LogP contribution >= 0.6 is 0 Å². The van der Waals surface area contributed by atoms with Gasteiger partial charge in [0.05, 0.1) is 0 Å². The zero-order valence-electron chi connectivity index (χ0n) is 11.2. The summed E-state index contributed by atoms with van der Waals surface area (Å²) in [4.78, 5) is 13.9. The van der Waals surface area contributed by atoms with Crippen LogP contribution in [0.2, 0.25) is 0 Å². The minimum atomic E-state index is 0.0729. The van der Waals surface area contributed by atoms with Crippen molar-refractivity contribution < 1.29 is 4.79 Å². The van der Waals surface area contributed by atoms with Crippen LogP contribution in [0.1, 0.15) is 25.5 Å². The molecule has 2 rings (SSSR count). The van der Waals surface area contributed by atoms with Gasteiger partial charge in [-0.3, -0.25) is 4.68 Å². The molecule has 5 heteroatoms. The van der Waals surface area contributed by atoms with E-state index >= 15 is 0 Å². The molecule has 100 valence electrons. The molecule has 1 aliphatic heterocycles. The van der Waals surface area contributed by atoms with Crippen molar-refractivity contribution in [1.82, 2.24) is 20.0 Å². The van der Waals surface area contributed by atoms with Crippen LogP contribution in [-0.2, 0) is 13.5 Å². The fourth-order valence-electron chi connectivity index (χ4n) is 2.43. The molecule has 0 aromatic carbocycles. The summed E-state index contributed by atoms with van der Waals surface area (Å²) < 4.78 is 1.84. The Kier molecular flexibility index (Phi) is 4.23. The molecule has 5 nitrogen and oxygen atoms in total. The maximum absolute atomic E-state index is 11.9. The number of aryl methyl sites for hydroxylation is 1. The molecular formula is C13H22N4O. The van der Waals surface area contributed by atoms with Gasteiger partial charge in [-0.1, -0.05) is 6.92 Å². The Morgan fingerprint density at radius 3 is 3.11 bits per heavy atom. The molecule has 0 bridgehead atoms. The van der Waals surface area contributed by atoms with E-state index in [1.807, 2.05) is 22.7 Å². The van der Waals surface area contributed by atoms with Gasteiger partial charge in [-0.05, 0) is 24.8 Å². The Bertz CT molecular complexity index is 401. The van der Waals surface area contributed by atoms with E-state index in [1.54, 1.807) is 6.20 Å². The molecule has 1 aromatic rings. The molecule has 1 aromatic heterocycles. The molecule has 0 aliphatic carbocycles. The zero-order chi connectivity index (χ0) is 13.0. The molecule has 1 saturated heterocycles. The summed E-state index contributed by atoms with van der Waals surface area (Å²) >= 11 is 0. The number of hydrogen-bond acceptors (Lipinski definition) is 2. The number of likely N-dealkylation sites (tertiary alicyclic amines) is 1. The number of carbonyl (C=O) groups is 1. The third kappa shape index (κ3) is 3.24. The standard InChI is InChI=1S/C13H22N4O/c1-11-4-3-9-17(10-11)13(18)14-7-5-12-6-8-15-16(12)2/h6,8,11H,3-5,7,9-10H2,1-2H3,(H,14,18). The van der Waals surface area contributed by atoms with E-state index in [0.717, 1.165) is 31.6 Å². The maximum Gasteiger partial charge on any atom is 0.317 e. The van der Waals surface area contributed by atoms with Crippen molar-refractivity contribution >= 4 is 6.03 Å². The van der Waals surface area contributed by atoms with E-state index in [9.17, 15) is 4.79 Å². The lowest BCUT2D eigenvalue weighted by molar-refractivity contribution is 0.170. The Morgan fingerprint density at radius 2 is 2.44 bits per heavy atom. The first kappa shape index (κ1) is 12.9. The average molecular weight is 250 g/mol. The van der Waals surface area contributed by atoms with Crippen LogP contribution in [0.15, 0.2) is 12.3 Å². The zero-order valence-corrected chi connectivity index (χ0v) is 11.2. The summed E-state index contributed by atoms with van der Waals surface area (Å²) in [5.74, 6) is 0.626. The Balaban J connectivity index is 1.73. The lowest BCUT2D eigenvalue weighted by atomic mass is 10.0. The molecular weight excluding hydrogens is 228 g/mol. The number of urea groups is 1. The molecule has 1 N–H and O–H groups in total. The molecule has 2 heterocycles. The van der Waals surface area contributed by atoms with E-state index in [0.29, 0.717) is 12.5 Å². The average Bonchev–Trinajstić information content (AvgIpc) is 2.75. The van der Waals surface area contributed by atoms with E-state index in [-0.39, 0.29) is 6.03 Å². The van der Waals surface area contributed by atoms with Crippen LogP contribution in [0.25, 0.3) is 0 Å². The van der Waals surface area contributed by atoms with Crippen LogP contribution < -0.4 is 5.32 Å². The number of piperidine rings is 1. The van der Waals surface area contributed by atoms with Crippen LogP contribution in [0.3, 0.4) is 0 Å². The fourth-order valence-corrected chi connectivity index (χ4v) is 2.43. The van der Waals surface area contributed by atoms with Crippen LogP contribution in [-0.4, -0.2) is 40.3 Å². The monoisotopic (exact) mass is 250 g/mol. The normalized spacial score (nSPS) is 19.9. The first-order valence-electron chi connectivity index (χ1n) is 6.66. The highest BCUT2D eigenvalue weighted by molar-refractivity contribution is 5.74. The molecule has 1 aliphatic rings. The molecule has 1 unspecified atom stereocenters. The maximum atomic E-state index is 11.9. The Morgan fingerprint density at radius 1 is 1.61 bits per heavy atom. The lowest BCUT2D eigenvalue weighted by Crippen LogP contribution is -2.45. The fraction of sp³-hybridized carbons (Fsp3) is 0.692. The molecule has 1 fully saturated rings. The van der Waals surface area contributed by atoms with Crippen molar-refractivity contribution in [3.05, 3.63) is 18.0 Å². The van der Waals surface area contributed by atoms with Gasteiger partial charge in [-0.25, -0.2) is 4.79 Å². The molecule has 0 saturated carbocycles. The smallest absolute Gasteiger partial charge is 0.317 e. The molecule has 18 heavy (non-hydrogen) atoms. The molecule has 2 amide bonds. The van der Waals surface area contributed by atoms with E-state index in [1.165, 1.54) is 6.42 Å². The third-order valence-electron chi connectivity index (χ3n) is 3.52. The highest BCUT2D eigenvalue weighted by atomic mass is 16.2. The van der Waals surface area contributed by atoms with E-state index in [4.69, 9.17) is 0 Å². The third-order valence-corrected chi connectivity index (χ3v) is 3.52. The van der Waals surface area contributed by atoms with Gasteiger partial charge >= 0.3 is 6.03 Å². The largest absolute Gasteiger partial charge is 0.338 e. The van der Waals surface area contributed by atoms with E-state index in [2.05, 4.69) is 17.3 Å². The summed E-state index contributed by atoms with van der Waals surface area (Å²) in [6, 6.07) is 2.05. The molecule has 0 radical (unpaired) electrons. The second-order valence-electron chi connectivity index (χ2n) is 5.12. The van der Waals surface area contributed by atoms with Gasteiger partial charge in [0.2, 0.25) is 0 Å². The van der Waals surface area contributed by atoms with Gasteiger partial charge < -0.3 is 10.2 Å². The van der Waals surface area contributed by atoms with Crippen LogP contribution in [0.5, 0.6) is 0 Å². The highest BCUT2D eigenvalue weighted by Gasteiger charge is 2.20. The van der Waals surface area contributed by atoms with Crippen LogP contribution in [0.4, 0.5) is 4.79 Å². The van der Waals surface area contributed by atoms with Crippen molar-refractivity contribution in [2.24, 2.45) is 13.0 Å². The number of carbonyl (C=O) groups excluding carboxylic acids is 1. The van der Waals surface area contributed by atoms with Crippen molar-refractivity contribution in [1.29, 1.82) is 0 Å². The SMILES string of the molecule is CC1CCCN(C(=O)NCCc2ccnn2C)C1. The molecule has 0 spiro atoms. The summed E-state index contributed by atoms with van der Waals surface area (Å²) in [5, 5.41) is 7.09. The number of nitrogens with zero attached hydrogens (tertiary/aromatic N) is 3. The lowest BCUT2D eigenvalue weighted by Gasteiger charge is -2.30. The van der Waals surface area contributed by atoms with Gasteiger partial charge in [-0.2, -0.15) is 5.10 Å². The predicted octanol–water partition coefficient (Wildman–Crippen LogP) is 1.40. The summed E-state index contributed by atoms with van der Waals surface area (Å²) in [5.41, 5.74) is 1.14. The van der Waals surface area contributed by atoms with Gasteiger partial charge in [0.15, 0.2) is 0 Å². The minimum absolute atomic E-state index is 0.0729. The van der Waals surface area contributed by atoms with Crippen LogP contribution in [0, 0.1) is 5.92 Å². The first-order valence-corrected chi connectivity index (χ1v) is 6.66. The van der Waals surface area contributed by atoms with Gasteiger partial charge in [-0.15, -0.1) is 0 Å².